The van der Waals surface area contributed by atoms with E-state index in [-0.39, 0.29) is 5.91 Å². The van der Waals surface area contributed by atoms with Crippen molar-refractivity contribution in [1.29, 1.82) is 0 Å². The number of nitrogens with zero attached hydrogens (tertiary/aromatic N) is 1. The van der Waals surface area contributed by atoms with Crippen LogP contribution in [0.25, 0.3) is 22.6 Å². The Hall–Kier alpha value is -2.74. The topological polar surface area (TPSA) is 81.1 Å². The van der Waals surface area contributed by atoms with E-state index in [2.05, 4.69) is 9.71 Å². The van der Waals surface area contributed by atoms with E-state index in [0.717, 1.165) is 38.4 Å². The SMILES string of the molecule is NSc1ccccc1SNC(=O)c1ccc(-c2nc3ccccc3o2)cc1. The van der Waals surface area contributed by atoms with Gasteiger partial charge >= 0.3 is 0 Å². The third-order valence-electron chi connectivity index (χ3n) is 3.92. The molecule has 0 saturated heterocycles. The van der Waals surface area contributed by atoms with Crippen LogP contribution in [0.3, 0.4) is 0 Å². The van der Waals surface area contributed by atoms with Crippen molar-refractivity contribution in [2.24, 2.45) is 5.14 Å². The van der Waals surface area contributed by atoms with Gasteiger partial charge in [-0.25, -0.2) is 4.98 Å². The van der Waals surface area contributed by atoms with E-state index in [1.165, 1.54) is 11.9 Å². The maximum absolute atomic E-state index is 12.4. The summed E-state index contributed by atoms with van der Waals surface area (Å²) in [5.41, 5.74) is 2.92. The Morgan fingerprint density at radius 1 is 0.926 bits per heavy atom. The highest BCUT2D eigenvalue weighted by molar-refractivity contribution is 8.00. The Morgan fingerprint density at radius 2 is 1.63 bits per heavy atom. The van der Waals surface area contributed by atoms with E-state index in [4.69, 9.17) is 9.56 Å². The third-order valence-corrected chi connectivity index (χ3v) is 5.52. The zero-order chi connectivity index (χ0) is 18.6. The molecule has 0 spiro atoms. The minimum Gasteiger partial charge on any atom is -0.436 e. The first kappa shape index (κ1) is 17.7. The van der Waals surface area contributed by atoms with E-state index in [9.17, 15) is 4.79 Å². The van der Waals surface area contributed by atoms with E-state index in [1.807, 2.05) is 60.7 Å². The fraction of sp³-hybridized carbons (Fsp3) is 0. The summed E-state index contributed by atoms with van der Waals surface area (Å²) in [5.74, 6) is 0.354. The highest BCUT2D eigenvalue weighted by atomic mass is 32.2. The molecule has 1 amide bonds. The largest absolute Gasteiger partial charge is 0.436 e. The summed E-state index contributed by atoms with van der Waals surface area (Å²) in [7, 11) is 0. The summed E-state index contributed by atoms with van der Waals surface area (Å²) in [6.07, 6.45) is 0. The van der Waals surface area contributed by atoms with Crippen molar-refractivity contribution in [2.45, 2.75) is 9.79 Å². The first-order valence-corrected chi connectivity index (χ1v) is 9.83. The number of carbonyl (C=O) groups excluding carboxylic acids is 1. The highest BCUT2D eigenvalue weighted by Crippen LogP contribution is 2.27. The van der Waals surface area contributed by atoms with E-state index in [0.29, 0.717) is 11.5 Å². The van der Waals surface area contributed by atoms with Crippen LogP contribution < -0.4 is 9.86 Å². The second-order valence-electron chi connectivity index (χ2n) is 5.66. The number of oxazole rings is 1. The van der Waals surface area contributed by atoms with E-state index in [1.54, 1.807) is 12.1 Å². The van der Waals surface area contributed by atoms with Gasteiger partial charge in [0, 0.05) is 20.9 Å². The van der Waals surface area contributed by atoms with Crippen molar-refractivity contribution in [3.63, 3.8) is 0 Å². The van der Waals surface area contributed by atoms with Crippen molar-refractivity contribution in [3.8, 4) is 11.5 Å². The van der Waals surface area contributed by atoms with Gasteiger partial charge in [0.15, 0.2) is 5.58 Å². The second-order valence-corrected chi connectivity index (χ2v) is 7.19. The lowest BCUT2D eigenvalue weighted by atomic mass is 10.1. The van der Waals surface area contributed by atoms with E-state index >= 15 is 0 Å². The van der Waals surface area contributed by atoms with Gasteiger partial charge in [-0.15, -0.1) is 0 Å². The van der Waals surface area contributed by atoms with Gasteiger partial charge < -0.3 is 4.42 Å². The number of para-hydroxylation sites is 2. The Labute approximate surface area is 164 Å². The molecule has 0 bridgehead atoms. The Bertz CT molecular complexity index is 1060. The Morgan fingerprint density at radius 3 is 2.37 bits per heavy atom. The maximum atomic E-state index is 12.4. The van der Waals surface area contributed by atoms with Gasteiger partial charge in [-0.3, -0.25) is 14.7 Å². The molecule has 0 aliphatic carbocycles. The molecule has 1 aromatic heterocycles. The van der Waals surface area contributed by atoms with Crippen molar-refractivity contribution in [2.75, 3.05) is 0 Å². The van der Waals surface area contributed by atoms with Gasteiger partial charge in [0.25, 0.3) is 5.91 Å². The highest BCUT2D eigenvalue weighted by Gasteiger charge is 2.11. The molecule has 0 unspecified atom stereocenters. The summed E-state index contributed by atoms with van der Waals surface area (Å²) in [5, 5.41) is 5.64. The van der Waals surface area contributed by atoms with Crippen LogP contribution in [0.5, 0.6) is 0 Å². The smallest absolute Gasteiger partial charge is 0.261 e. The maximum Gasteiger partial charge on any atom is 0.261 e. The first-order chi connectivity index (χ1) is 13.2. The second kappa shape index (κ2) is 7.87. The zero-order valence-electron chi connectivity index (χ0n) is 14.1. The molecular weight excluding hydrogens is 378 g/mol. The standard InChI is InChI=1S/C20H15N3O2S2/c21-26-17-7-3-4-8-18(17)27-23-19(24)13-9-11-14(12-10-13)20-22-15-5-1-2-6-16(15)25-20/h1-12H,21H2,(H,23,24). The molecule has 3 N–H and O–H groups in total. The van der Waals surface area contributed by atoms with Gasteiger partial charge in [-0.05, 0) is 72.4 Å². The average Bonchev–Trinajstić information content (AvgIpc) is 3.16. The minimum absolute atomic E-state index is 0.180. The summed E-state index contributed by atoms with van der Waals surface area (Å²) < 4.78 is 8.60. The number of benzene rings is 3. The number of hydrogen-bond acceptors (Lipinski definition) is 6. The number of carbonyl (C=O) groups is 1. The van der Waals surface area contributed by atoms with Crippen LogP contribution in [0.15, 0.2) is 87.0 Å². The predicted molar refractivity (Wildman–Crippen MR) is 109 cm³/mol. The van der Waals surface area contributed by atoms with Crippen LogP contribution in [0.1, 0.15) is 10.4 Å². The average molecular weight is 393 g/mol. The molecule has 134 valence electrons. The molecule has 0 aliphatic heterocycles. The van der Waals surface area contributed by atoms with Crippen molar-refractivity contribution in [1.82, 2.24) is 9.71 Å². The summed E-state index contributed by atoms with van der Waals surface area (Å²) in [6, 6.07) is 22.4. The van der Waals surface area contributed by atoms with Crippen molar-refractivity contribution < 1.29 is 9.21 Å². The van der Waals surface area contributed by atoms with Crippen LogP contribution in [0.2, 0.25) is 0 Å². The fourth-order valence-electron chi connectivity index (χ4n) is 2.55. The Kier molecular flexibility index (Phi) is 5.15. The van der Waals surface area contributed by atoms with Gasteiger partial charge in [0.2, 0.25) is 5.89 Å². The molecule has 0 atom stereocenters. The lowest BCUT2D eigenvalue weighted by Crippen LogP contribution is -2.15. The molecule has 0 radical (unpaired) electrons. The van der Waals surface area contributed by atoms with Crippen LogP contribution in [-0.4, -0.2) is 10.9 Å². The van der Waals surface area contributed by atoms with Crippen LogP contribution in [0, 0.1) is 0 Å². The van der Waals surface area contributed by atoms with Gasteiger partial charge in [-0.2, -0.15) is 0 Å². The van der Waals surface area contributed by atoms with Gasteiger partial charge in [0.1, 0.15) is 5.52 Å². The number of hydrogen-bond donors (Lipinski definition) is 2. The predicted octanol–water partition coefficient (Wildman–Crippen LogP) is 4.90. The zero-order valence-corrected chi connectivity index (χ0v) is 15.7. The van der Waals surface area contributed by atoms with Crippen LogP contribution >= 0.6 is 23.9 Å². The number of fused-ring (bicyclic) bond motifs is 1. The molecule has 0 fully saturated rings. The number of nitrogens with one attached hydrogen (secondary N) is 1. The van der Waals surface area contributed by atoms with Crippen molar-refractivity contribution >= 4 is 40.9 Å². The quantitative estimate of drug-likeness (QED) is 0.470. The molecule has 1 heterocycles. The summed E-state index contributed by atoms with van der Waals surface area (Å²) in [4.78, 5) is 18.7. The lowest BCUT2D eigenvalue weighted by Gasteiger charge is -2.07. The van der Waals surface area contributed by atoms with Crippen molar-refractivity contribution in [3.05, 3.63) is 78.4 Å². The number of nitrogens with two attached hydrogens (primary N) is 1. The monoisotopic (exact) mass is 393 g/mol. The Balaban J connectivity index is 1.47. The molecule has 5 nitrogen and oxygen atoms in total. The molecule has 4 rings (SSSR count). The lowest BCUT2D eigenvalue weighted by molar-refractivity contribution is 0.0984. The fourth-order valence-corrected chi connectivity index (χ4v) is 3.80. The summed E-state index contributed by atoms with van der Waals surface area (Å²) in [6.45, 7) is 0. The number of aromatic nitrogens is 1. The molecular formula is C20H15N3O2S2. The first-order valence-electron chi connectivity index (χ1n) is 8.13. The summed E-state index contributed by atoms with van der Waals surface area (Å²) >= 11 is 2.40. The third kappa shape index (κ3) is 3.85. The molecule has 4 aromatic rings. The number of rotatable bonds is 5. The normalized spacial score (nSPS) is 10.9. The molecule has 27 heavy (non-hydrogen) atoms. The number of amides is 1. The van der Waals surface area contributed by atoms with Crippen LogP contribution in [-0.2, 0) is 0 Å². The molecule has 7 heteroatoms. The molecule has 3 aromatic carbocycles. The van der Waals surface area contributed by atoms with E-state index < -0.39 is 0 Å². The van der Waals surface area contributed by atoms with Gasteiger partial charge in [-0.1, -0.05) is 24.3 Å². The minimum atomic E-state index is -0.180. The molecule has 0 aliphatic rings. The van der Waals surface area contributed by atoms with Gasteiger partial charge in [0.05, 0.1) is 0 Å². The van der Waals surface area contributed by atoms with Crippen LogP contribution in [0.4, 0.5) is 0 Å². The molecule has 0 saturated carbocycles.